The molecule has 3 N–H and O–H groups in total. The number of carboxylic acids is 1. The van der Waals surface area contributed by atoms with Crippen molar-refractivity contribution in [2.24, 2.45) is 5.73 Å². The molecule has 1 rings (SSSR count). The third-order valence-electron chi connectivity index (χ3n) is 2.41. The molecule has 1 atom stereocenters. The van der Waals surface area contributed by atoms with Gasteiger partial charge in [-0.1, -0.05) is 19.9 Å². The van der Waals surface area contributed by atoms with Crippen molar-refractivity contribution in [3.8, 4) is 0 Å². The number of ketones is 1. The minimum absolute atomic E-state index is 0.00681. The third kappa shape index (κ3) is 4.77. The van der Waals surface area contributed by atoms with E-state index in [1.54, 1.807) is 0 Å². The number of carbonyl (C=O) groups is 2. The lowest BCUT2D eigenvalue weighted by Gasteiger charge is -2.07. The van der Waals surface area contributed by atoms with Crippen LogP contribution in [0.5, 0.6) is 0 Å². The van der Waals surface area contributed by atoms with Crippen LogP contribution in [0.15, 0.2) is 18.2 Å². The molecule has 0 radical (unpaired) electrons. The van der Waals surface area contributed by atoms with Crippen LogP contribution < -0.4 is 5.73 Å². The minimum atomic E-state index is -1.19. The van der Waals surface area contributed by atoms with Crippen molar-refractivity contribution in [2.75, 3.05) is 0 Å². The van der Waals surface area contributed by atoms with E-state index in [-0.39, 0.29) is 17.7 Å². The van der Waals surface area contributed by atoms with Crippen LogP contribution in [0, 0.1) is 10.1 Å². The molecule has 0 spiro atoms. The average Bonchev–Trinajstić information content (AvgIpc) is 2.40. The Balaban J connectivity index is 0.00000172. The summed E-state index contributed by atoms with van der Waals surface area (Å²) in [4.78, 5) is 31.9. The monoisotopic (exact) mass is 282 g/mol. The SMILES string of the molecule is CC.CC(=O)c1ccc(CC(N)C(=O)O)cc1[N+](=O)[O-]. The molecule has 7 nitrogen and oxygen atoms in total. The first kappa shape index (κ1) is 17.7. The van der Waals surface area contributed by atoms with E-state index in [0.717, 1.165) is 0 Å². The van der Waals surface area contributed by atoms with E-state index < -0.39 is 22.7 Å². The number of benzene rings is 1. The second-order valence-corrected chi connectivity index (χ2v) is 3.81. The lowest BCUT2D eigenvalue weighted by atomic mass is 10.0. The average molecular weight is 282 g/mol. The Hall–Kier alpha value is -2.28. The zero-order chi connectivity index (χ0) is 15.9. The second kappa shape index (κ2) is 8.00. The van der Waals surface area contributed by atoms with E-state index in [1.807, 2.05) is 13.8 Å². The molecule has 1 aromatic rings. The molecule has 0 saturated heterocycles. The van der Waals surface area contributed by atoms with Crippen LogP contribution in [-0.4, -0.2) is 27.8 Å². The molecule has 1 unspecified atom stereocenters. The first-order chi connectivity index (χ1) is 9.32. The van der Waals surface area contributed by atoms with Crippen molar-refractivity contribution >= 4 is 17.4 Å². The van der Waals surface area contributed by atoms with Crippen molar-refractivity contribution in [1.82, 2.24) is 0 Å². The van der Waals surface area contributed by atoms with Crippen molar-refractivity contribution in [1.29, 1.82) is 0 Å². The maximum Gasteiger partial charge on any atom is 0.320 e. The van der Waals surface area contributed by atoms with Crippen LogP contribution in [0.2, 0.25) is 0 Å². The molecular weight excluding hydrogens is 264 g/mol. The van der Waals surface area contributed by atoms with E-state index in [1.165, 1.54) is 25.1 Å². The Morgan fingerprint density at radius 2 is 1.95 bits per heavy atom. The fraction of sp³-hybridized carbons (Fsp3) is 0.385. The predicted molar refractivity (Wildman–Crippen MR) is 73.8 cm³/mol. The largest absolute Gasteiger partial charge is 0.480 e. The summed E-state index contributed by atoms with van der Waals surface area (Å²) >= 11 is 0. The molecule has 110 valence electrons. The van der Waals surface area contributed by atoms with Gasteiger partial charge in [0, 0.05) is 6.07 Å². The molecule has 0 amide bonds. The summed E-state index contributed by atoms with van der Waals surface area (Å²) in [6.07, 6.45) is -0.0334. The number of carbonyl (C=O) groups excluding carboxylic acids is 1. The van der Waals surface area contributed by atoms with Crippen molar-refractivity contribution in [2.45, 2.75) is 33.2 Å². The minimum Gasteiger partial charge on any atom is -0.480 e. The van der Waals surface area contributed by atoms with Gasteiger partial charge in [0.25, 0.3) is 5.69 Å². The number of rotatable bonds is 5. The number of nitro groups is 1. The van der Waals surface area contributed by atoms with Gasteiger partial charge >= 0.3 is 5.97 Å². The molecule has 20 heavy (non-hydrogen) atoms. The van der Waals surface area contributed by atoms with Crippen LogP contribution >= 0.6 is 0 Å². The number of nitrogens with two attached hydrogens (primary N) is 1. The Bertz CT molecular complexity index is 513. The van der Waals surface area contributed by atoms with Gasteiger partial charge in [0.2, 0.25) is 0 Å². The summed E-state index contributed by atoms with van der Waals surface area (Å²) in [5.74, 6) is -1.61. The van der Waals surface area contributed by atoms with Gasteiger partial charge in [0.15, 0.2) is 5.78 Å². The van der Waals surface area contributed by atoms with Gasteiger partial charge in [-0.05, 0) is 25.0 Å². The highest BCUT2D eigenvalue weighted by molar-refractivity contribution is 5.98. The van der Waals surface area contributed by atoms with Gasteiger partial charge in [-0.15, -0.1) is 0 Å². The number of hydrogen-bond donors (Lipinski definition) is 2. The quantitative estimate of drug-likeness (QED) is 0.482. The van der Waals surface area contributed by atoms with Gasteiger partial charge in [0.05, 0.1) is 10.5 Å². The molecule has 0 heterocycles. The smallest absolute Gasteiger partial charge is 0.320 e. The lowest BCUT2D eigenvalue weighted by Crippen LogP contribution is -2.32. The van der Waals surface area contributed by atoms with Crippen LogP contribution in [0.3, 0.4) is 0 Å². The normalized spacial score (nSPS) is 11.0. The number of nitrogens with zero attached hydrogens (tertiary/aromatic N) is 1. The van der Waals surface area contributed by atoms with Crippen LogP contribution in [0.4, 0.5) is 5.69 Å². The summed E-state index contributed by atoms with van der Waals surface area (Å²) in [5, 5.41) is 19.5. The highest BCUT2D eigenvalue weighted by atomic mass is 16.6. The fourth-order valence-electron chi connectivity index (χ4n) is 1.49. The molecule has 1 aromatic carbocycles. The molecule has 7 heteroatoms. The summed E-state index contributed by atoms with van der Waals surface area (Å²) in [6.45, 7) is 5.23. The van der Waals surface area contributed by atoms with E-state index >= 15 is 0 Å². The Kier molecular flexibility index (Phi) is 7.09. The Morgan fingerprint density at radius 3 is 2.35 bits per heavy atom. The molecule has 0 aliphatic heterocycles. The molecular formula is C13H18N2O5. The first-order valence-corrected chi connectivity index (χ1v) is 6.09. The van der Waals surface area contributed by atoms with Crippen LogP contribution in [0.25, 0.3) is 0 Å². The predicted octanol–water partition coefficient (Wildman–Crippen LogP) is 1.78. The molecule has 0 aliphatic rings. The number of nitro benzene ring substituents is 1. The van der Waals surface area contributed by atoms with Gasteiger partial charge in [-0.25, -0.2) is 0 Å². The third-order valence-corrected chi connectivity index (χ3v) is 2.41. The molecule has 0 aliphatic carbocycles. The van der Waals surface area contributed by atoms with Crippen molar-refractivity contribution < 1.29 is 19.6 Å². The molecule has 0 aromatic heterocycles. The van der Waals surface area contributed by atoms with Crippen LogP contribution in [-0.2, 0) is 11.2 Å². The highest BCUT2D eigenvalue weighted by Crippen LogP contribution is 2.21. The Morgan fingerprint density at radius 1 is 1.40 bits per heavy atom. The molecule has 0 saturated carbocycles. The van der Waals surface area contributed by atoms with Gasteiger partial charge in [0.1, 0.15) is 6.04 Å². The second-order valence-electron chi connectivity index (χ2n) is 3.81. The van der Waals surface area contributed by atoms with Crippen molar-refractivity contribution in [3.63, 3.8) is 0 Å². The maximum absolute atomic E-state index is 11.2. The van der Waals surface area contributed by atoms with Gasteiger partial charge < -0.3 is 10.8 Å². The summed E-state index contributed by atoms with van der Waals surface area (Å²) < 4.78 is 0. The number of carboxylic acid groups (broad SMARTS) is 1. The van der Waals surface area contributed by atoms with Crippen molar-refractivity contribution in [3.05, 3.63) is 39.4 Å². The summed E-state index contributed by atoms with van der Waals surface area (Å²) in [5.41, 5.74) is 5.40. The highest BCUT2D eigenvalue weighted by Gasteiger charge is 2.19. The molecule has 0 bridgehead atoms. The zero-order valence-electron chi connectivity index (χ0n) is 11.6. The van der Waals surface area contributed by atoms with Gasteiger partial charge in [-0.3, -0.25) is 19.7 Å². The summed E-state index contributed by atoms with van der Waals surface area (Å²) in [7, 11) is 0. The first-order valence-electron chi connectivity index (χ1n) is 6.09. The number of Topliss-reactive ketones (excluding diaryl/α,β-unsaturated/α-hetero) is 1. The fourth-order valence-corrected chi connectivity index (χ4v) is 1.49. The number of hydrogen-bond acceptors (Lipinski definition) is 5. The number of aliphatic carboxylic acids is 1. The van der Waals surface area contributed by atoms with E-state index in [0.29, 0.717) is 5.56 Å². The van der Waals surface area contributed by atoms with E-state index in [2.05, 4.69) is 0 Å². The van der Waals surface area contributed by atoms with Gasteiger partial charge in [-0.2, -0.15) is 0 Å². The topological polar surface area (TPSA) is 124 Å². The Labute approximate surface area is 116 Å². The molecule has 0 fully saturated rings. The summed E-state index contributed by atoms with van der Waals surface area (Å²) in [6, 6.07) is 2.82. The van der Waals surface area contributed by atoms with E-state index in [4.69, 9.17) is 10.8 Å². The standard InChI is InChI=1S/C11H12N2O5.C2H6/c1-6(14)8-3-2-7(4-9(12)11(15)16)5-10(8)13(17)18;1-2/h2-3,5,9H,4,12H2,1H3,(H,15,16);1-2H3. The lowest BCUT2D eigenvalue weighted by molar-refractivity contribution is -0.385. The van der Waals surface area contributed by atoms with E-state index in [9.17, 15) is 19.7 Å². The zero-order valence-corrected chi connectivity index (χ0v) is 11.6. The maximum atomic E-state index is 11.2. The van der Waals surface area contributed by atoms with Crippen LogP contribution in [0.1, 0.15) is 36.7 Å².